The van der Waals surface area contributed by atoms with Crippen LogP contribution in [0.1, 0.15) is 17.4 Å². The molecule has 2 aromatic heterocycles. The van der Waals surface area contributed by atoms with Crippen molar-refractivity contribution < 1.29 is 9.59 Å². The van der Waals surface area contributed by atoms with Crippen molar-refractivity contribution in [1.82, 2.24) is 24.3 Å². The summed E-state index contributed by atoms with van der Waals surface area (Å²) in [6, 6.07) is 13.9. The predicted molar refractivity (Wildman–Crippen MR) is 128 cm³/mol. The fraction of sp³-hybridized carbons (Fsp3) is 0.320. The van der Waals surface area contributed by atoms with Crippen molar-refractivity contribution in [3.05, 3.63) is 72.0 Å². The molecule has 0 spiro atoms. The number of aromatic nitrogens is 2. The van der Waals surface area contributed by atoms with Gasteiger partial charge in [-0.3, -0.25) is 14.5 Å². The van der Waals surface area contributed by atoms with Crippen molar-refractivity contribution in [2.45, 2.75) is 19.0 Å². The molecule has 1 aromatic carbocycles. The zero-order chi connectivity index (χ0) is 23.1. The van der Waals surface area contributed by atoms with Gasteiger partial charge in [0.2, 0.25) is 5.91 Å². The first-order valence-electron chi connectivity index (χ1n) is 11.2. The Labute approximate surface area is 197 Å². The fourth-order valence-corrected chi connectivity index (χ4v) is 5.13. The second-order valence-corrected chi connectivity index (χ2v) is 9.08. The van der Waals surface area contributed by atoms with E-state index in [1.54, 1.807) is 9.42 Å². The minimum atomic E-state index is -0.0859. The second-order valence-electron chi connectivity index (χ2n) is 8.67. The smallest absolute Gasteiger partial charge is 0.275 e. The van der Waals surface area contributed by atoms with E-state index in [2.05, 4.69) is 23.5 Å². The minimum Gasteiger partial charge on any atom is -0.336 e. The molecule has 1 atom stereocenters. The van der Waals surface area contributed by atoms with E-state index in [9.17, 15) is 9.59 Å². The van der Waals surface area contributed by atoms with Gasteiger partial charge in [0.15, 0.2) is 5.69 Å². The van der Waals surface area contributed by atoms with E-state index in [1.165, 1.54) is 6.08 Å². The number of carbonyl (C=O) groups is 2. The monoisotopic (exact) mass is 463 g/mol. The topological polar surface area (TPSA) is 61.2 Å². The zero-order valence-electron chi connectivity index (χ0n) is 18.5. The van der Waals surface area contributed by atoms with E-state index in [0.29, 0.717) is 42.9 Å². The number of piperazine rings is 1. The van der Waals surface area contributed by atoms with Crippen molar-refractivity contribution in [3.8, 4) is 11.1 Å². The summed E-state index contributed by atoms with van der Waals surface area (Å²) < 4.78 is 1.74. The van der Waals surface area contributed by atoms with Crippen LogP contribution in [0.25, 0.3) is 16.6 Å². The molecule has 7 nitrogen and oxygen atoms in total. The normalized spacial score (nSPS) is 19.5. The van der Waals surface area contributed by atoms with Crippen LogP contribution >= 0.6 is 11.6 Å². The quantitative estimate of drug-likeness (QED) is 0.557. The van der Waals surface area contributed by atoms with E-state index in [0.717, 1.165) is 23.2 Å². The molecule has 170 valence electrons. The van der Waals surface area contributed by atoms with Crippen molar-refractivity contribution in [2.75, 3.05) is 32.7 Å². The molecule has 0 saturated carbocycles. The molecule has 5 rings (SSSR count). The highest BCUT2D eigenvalue weighted by molar-refractivity contribution is 6.33. The molecule has 2 aliphatic rings. The van der Waals surface area contributed by atoms with Crippen molar-refractivity contribution >= 4 is 28.9 Å². The number of halogens is 1. The van der Waals surface area contributed by atoms with Crippen molar-refractivity contribution in [1.29, 1.82) is 0 Å². The summed E-state index contributed by atoms with van der Waals surface area (Å²) in [5, 5.41) is 5.24. The zero-order valence-corrected chi connectivity index (χ0v) is 19.3. The molecule has 2 amide bonds. The third-order valence-electron chi connectivity index (χ3n) is 6.67. The van der Waals surface area contributed by atoms with E-state index in [1.807, 2.05) is 53.6 Å². The first-order valence-corrected chi connectivity index (χ1v) is 11.5. The number of hydrogen-bond donors (Lipinski definition) is 0. The fourth-order valence-electron chi connectivity index (χ4n) is 4.90. The number of likely N-dealkylation sites (tertiary alicyclic amines) is 1. The van der Waals surface area contributed by atoms with Crippen LogP contribution in [0.15, 0.2) is 61.3 Å². The number of nitrogens with zero attached hydrogens (tertiary/aromatic N) is 5. The number of benzene rings is 1. The minimum absolute atomic E-state index is 0.0216. The largest absolute Gasteiger partial charge is 0.336 e. The lowest BCUT2D eigenvalue weighted by Crippen LogP contribution is -2.66. The Morgan fingerprint density at radius 1 is 1.06 bits per heavy atom. The number of pyridine rings is 1. The lowest BCUT2D eigenvalue weighted by Gasteiger charge is -2.50. The van der Waals surface area contributed by atoms with Crippen LogP contribution < -0.4 is 0 Å². The van der Waals surface area contributed by atoms with Crippen LogP contribution in [0.2, 0.25) is 5.02 Å². The van der Waals surface area contributed by atoms with Gasteiger partial charge in [0, 0.05) is 67.2 Å². The number of carbonyl (C=O) groups excluding carboxylic acids is 2. The Morgan fingerprint density at radius 2 is 1.82 bits per heavy atom. The highest BCUT2D eigenvalue weighted by atomic mass is 35.5. The van der Waals surface area contributed by atoms with Gasteiger partial charge in [0.25, 0.3) is 5.91 Å². The van der Waals surface area contributed by atoms with Gasteiger partial charge in [-0.15, -0.1) is 0 Å². The highest BCUT2D eigenvalue weighted by Crippen LogP contribution is 2.34. The predicted octanol–water partition coefficient (Wildman–Crippen LogP) is 3.20. The van der Waals surface area contributed by atoms with Crippen LogP contribution in [0.5, 0.6) is 0 Å². The standard InChI is InChI=1S/C25H26ClN5O2/c1-3-22(32)29-15-18(16-29)30-13-12-28(14-17(30)2)25(33)24-23(19-8-4-5-9-20(19)26)21-10-6-7-11-31(21)27-24/h3-11,17-18H,1,12-16H2,2H3/t17-/m0/s1. The van der Waals surface area contributed by atoms with E-state index < -0.39 is 0 Å². The molecule has 2 saturated heterocycles. The maximum absolute atomic E-state index is 13.7. The Morgan fingerprint density at radius 3 is 2.55 bits per heavy atom. The molecular weight excluding hydrogens is 438 g/mol. The molecule has 0 unspecified atom stereocenters. The van der Waals surface area contributed by atoms with Gasteiger partial charge in [-0.05, 0) is 31.2 Å². The van der Waals surface area contributed by atoms with Gasteiger partial charge in [-0.2, -0.15) is 5.10 Å². The Bertz CT molecular complexity index is 1230. The van der Waals surface area contributed by atoms with Gasteiger partial charge in [-0.25, -0.2) is 4.52 Å². The van der Waals surface area contributed by atoms with Crippen molar-refractivity contribution in [2.24, 2.45) is 0 Å². The third kappa shape index (κ3) is 3.81. The van der Waals surface area contributed by atoms with Gasteiger partial charge >= 0.3 is 0 Å². The molecular formula is C25H26ClN5O2. The summed E-state index contributed by atoms with van der Waals surface area (Å²) in [6.45, 7) is 9.12. The summed E-state index contributed by atoms with van der Waals surface area (Å²) in [5.74, 6) is -0.108. The highest BCUT2D eigenvalue weighted by Gasteiger charge is 2.39. The molecule has 3 aromatic rings. The van der Waals surface area contributed by atoms with Crippen molar-refractivity contribution in [3.63, 3.8) is 0 Å². The Kier molecular flexibility index (Phi) is 5.68. The summed E-state index contributed by atoms with van der Waals surface area (Å²) >= 11 is 6.52. The molecule has 0 bridgehead atoms. The number of hydrogen-bond acceptors (Lipinski definition) is 4. The summed E-state index contributed by atoms with van der Waals surface area (Å²) in [6.07, 6.45) is 3.21. The maximum Gasteiger partial charge on any atom is 0.275 e. The van der Waals surface area contributed by atoms with E-state index >= 15 is 0 Å². The summed E-state index contributed by atoms with van der Waals surface area (Å²) in [5.41, 5.74) is 2.83. The lowest BCUT2D eigenvalue weighted by molar-refractivity contribution is -0.134. The lowest BCUT2D eigenvalue weighted by atomic mass is 10.0. The van der Waals surface area contributed by atoms with Gasteiger partial charge in [0.05, 0.1) is 5.52 Å². The second kappa shape index (κ2) is 8.65. The SMILES string of the molecule is C=CC(=O)N1CC(N2CCN(C(=O)c3nn4ccccc4c3-c3ccccc3Cl)C[C@@H]2C)C1. The number of fused-ring (bicyclic) bond motifs is 1. The third-order valence-corrected chi connectivity index (χ3v) is 7.00. The Balaban J connectivity index is 1.38. The molecule has 0 aliphatic carbocycles. The van der Waals surface area contributed by atoms with Crippen LogP contribution in [0.4, 0.5) is 0 Å². The van der Waals surface area contributed by atoms with Crippen LogP contribution in [0, 0.1) is 0 Å². The van der Waals surface area contributed by atoms with Gasteiger partial charge in [0.1, 0.15) is 0 Å². The maximum atomic E-state index is 13.7. The van der Waals surface area contributed by atoms with E-state index in [4.69, 9.17) is 11.6 Å². The molecule has 2 aliphatic heterocycles. The number of rotatable bonds is 4. The number of amides is 2. The summed E-state index contributed by atoms with van der Waals surface area (Å²) in [4.78, 5) is 31.5. The van der Waals surface area contributed by atoms with Gasteiger partial charge in [-0.1, -0.05) is 42.4 Å². The van der Waals surface area contributed by atoms with Crippen LogP contribution in [-0.2, 0) is 4.79 Å². The first-order chi connectivity index (χ1) is 16.0. The average Bonchev–Trinajstić information content (AvgIpc) is 3.18. The average molecular weight is 464 g/mol. The molecule has 0 N–H and O–H groups in total. The van der Waals surface area contributed by atoms with Crippen LogP contribution in [-0.4, -0.2) is 80.9 Å². The molecule has 8 heteroatoms. The Hall–Kier alpha value is -3.16. The molecule has 2 fully saturated rings. The molecule has 33 heavy (non-hydrogen) atoms. The molecule has 4 heterocycles. The van der Waals surface area contributed by atoms with Gasteiger partial charge < -0.3 is 9.80 Å². The van der Waals surface area contributed by atoms with Crippen LogP contribution in [0.3, 0.4) is 0 Å². The summed E-state index contributed by atoms with van der Waals surface area (Å²) in [7, 11) is 0. The molecule has 0 radical (unpaired) electrons. The van der Waals surface area contributed by atoms with E-state index in [-0.39, 0.29) is 17.9 Å². The first kappa shape index (κ1) is 21.7.